The summed E-state index contributed by atoms with van der Waals surface area (Å²) in [5, 5.41) is 9.73. The van der Waals surface area contributed by atoms with Crippen LogP contribution >= 0.6 is 0 Å². The lowest BCUT2D eigenvalue weighted by Crippen LogP contribution is -2.12. The summed E-state index contributed by atoms with van der Waals surface area (Å²) in [6, 6.07) is 4.06. The number of nitrogen functional groups attached to an aromatic ring is 1. The minimum absolute atomic E-state index is 0.0360. The lowest BCUT2D eigenvalue weighted by atomic mass is 10.1. The first-order valence-corrected chi connectivity index (χ1v) is 8.65. The number of fused-ring (bicyclic) bond motifs is 1. The molecular formula is C18H10F6N8. The van der Waals surface area contributed by atoms with E-state index in [1.54, 1.807) is 0 Å². The number of anilines is 3. The van der Waals surface area contributed by atoms with Gasteiger partial charge in [0.05, 0.1) is 23.0 Å². The molecule has 0 amide bonds. The van der Waals surface area contributed by atoms with Crippen molar-refractivity contribution in [2.24, 2.45) is 0 Å². The zero-order valence-electron chi connectivity index (χ0n) is 15.6. The van der Waals surface area contributed by atoms with Gasteiger partial charge in [0.1, 0.15) is 28.5 Å². The number of nitrogens with zero attached hydrogens (tertiary/aromatic N) is 6. The number of halogens is 6. The molecule has 0 aromatic carbocycles. The molecule has 164 valence electrons. The Kier molecular flexibility index (Phi) is 4.99. The minimum atomic E-state index is -4.76. The maximum atomic E-state index is 13.4. The quantitative estimate of drug-likeness (QED) is 0.444. The Morgan fingerprint density at radius 2 is 1.62 bits per heavy atom. The van der Waals surface area contributed by atoms with Crippen molar-refractivity contribution in [1.82, 2.24) is 30.1 Å². The van der Waals surface area contributed by atoms with Crippen LogP contribution in [0.1, 0.15) is 11.1 Å². The maximum absolute atomic E-state index is 13.4. The minimum Gasteiger partial charge on any atom is -0.382 e. The standard InChI is InChI=1S/C18H10F6N8/c19-17(20,21)8-1-2-13(27-6-8)29-10-3-4-26-16-15(10)28-7-11(30-16)14-9(18(22,23)24)5-12(25)31-32-14/h1-7H,(H2,25,31)(H,26,27,29,30). The molecule has 0 bridgehead atoms. The molecule has 0 aliphatic heterocycles. The first-order chi connectivity index (χ1) is 15.0. The van der Waals surface area contributed by atoms with Crippen molar-refractivity contribution in [2.75, 3.05) is 11.1 Å². The molecule has 0 radical (unpaired) electrons. The Labute approximate surface area is 174 Å². The van der Waals surface area contributed by atoms with Crippen molar-refractivity contribution >= 4 is 28.5 Å². The van der Waals surface area contributed by atoms with Gasteiger partial charge >= 0.3 is 12.4 Å². The summed E-state index contributed by atoms with van der Waals surface area (Å²) in [7, 11) is 0. The van der Waals surface area contributed by atoms with Gasteiger partial charge in [0.25, 0.3) is 0 Å². The van der Waals surface area contributed by atoms with Gasteiger partial charge in [-0.05, 0) is 24.3 Å². The predicted octanol–water partition coefficient (Wildman–Crippen LogP) is 4.24. The zero-order valence-corrected chi connectivity index (χ0v) is 15.6. The van der Waals surface area contributed by atoms with E-state index in [1.165, 1.54) is 12.3 Å². The summed E-state index contributed by atoms with van der Waals surface area (Å²) < 4.78 is 78.1. The number of nitrogens with one attached hydrogen (secondary N) is 1. The number of pyridine rings is 2. The van der Waals surface area contributed by atoms with Crippen molar-refractivity contribution in [2.45, 2.75) is 12.4 Å². The van der Waals surface area contributed by atoms with Crippen LogP contribution < -0.4 is 11.1 Å². The van der Waals surface area contributed by atoms with E-state index >= 15 is 0 Å². The highest BCUT2D eigenvalue weighted by Crippen LogP contribution is 2.36. The third kappa shape index (κ3) is 4.19. The first kappa shape index (κ1) is 21.1. The van der Waals surface area contributed by atoms with Crippen LogP contribution in [0, 0.1) is 0 Å². The molecule has 0 aliphatic rings. The van der Waals surface area contributed by atoms with Gasteiger partial charge in [0.2, 0.25) is 0 Å². The summed E-state index contributed by atoms with van der Waals surface area (Å²) >= 11 is 0. The fourth-order valence-electron chi connectivity index (χ4n) is 2.72. The molecule has 4 rings (SSSR count). The largest absolute Gasteiger partial charge is 0.418 e. The molecule has 0 saturated heterocycles. The molecule has 0 atom stereocenters. The van der Waals surface area contributed by atoms with Gasteiger partial charge in [-0.1, -0.05) is 0 Å². The van der Waals surface area contributed by atoms with Gasteiger partial charge in [-0.25, -0.2) is 19.9 Å². The lowest BCUT2D eigenvalue weighted by Gasteiger charge is -2.12. The van der Waals surface area contributed by atoms with Crippen LogP contribution in [0.4, 0.5) is 43.7 Å². The summed E-state index contributed by atoms with van der Waals surface area (Å²) in [4.78, 5) is 15.9. The van der Waals surface area contributed by atoms with Crippen LogP contribution in [0.5, 0.6) is 0 Å². The molecule has 4 aromatic rings. The molecule has 3 N–H and O–H groups in total. The average molecular weight is 452 g/mol. The molecule has 0 unspecified atom stereocenters. The second-order valence-corrected chi connectivity index (χ2v) is 6.37. The van der Waals surface area contributed by atoms with Gasteiger partial charge in [-0.15, -0.1) is 10.2 Å². The summed E-state index contributed by atoms with van der Waals surface area (Å²) in [6.07, 6.45) is -6.29. The Bertz CT molecular complexity index is 1290. The number of aromatic nitrogens is 6. The fourth-order valence-corrected chi connectivity index (χ4v) is 2.72. The normalized spacial score (nSPS) is 12.2. The molecular weight excluding hydrogens is 442 g/mol. The number of nitrogens with two attached hydrogens (primary N) is 1. The van der Waals surface area contributed by atoms with Crippen molar-refractivity contribution in [3.05, 3.63) is 54.0 Å². The van der Waals surface area contributed by atoms with Crippen molar-refractivity contribution in [3.63, 3.8) is 0 Å². The van der Waals surface area contributed by atoms with Crippen LogP contribution in [0.15, 0.2) is 42.9 Å². The molecule has 8 nitrogen and oxygen atoms in total. The Morgan fingerprint density at radius 1 is 0.844 bits per heavy atom. The molecule has 0 fully saturated rings. The second kappa shape index (κ2) is 7.55. The van der Waals surface area contributed by atoms with E-state index in [2.05, 4.69) is 35.5 Å². The van der Waals surface area contributed by atoms with E-state index in [-0.39, 0.29) is 28.4 Å². The van der Waals surface area contributed by atoms with Gasteiger partial charge < -0.3 is 11.1 Å². The maximum Gasteiger partial charge on any atom is 0.418 e. The lowest BCUT2D eigenvalue weighted by molar-refractivity contribution is -0.138. The first-order valence-electron chi connectivity index (χ1n) is 8.65. The summed E-state index contributed by atoms with van der Waals surface area (Å²) in [6.45, 7) is 0. The molecule has 4 aromatic heterocycles. The highest BCUT2D eigenvalue weighted by atomic mass is 19.4. The third-order valence-corrected chi connectivity index (χ3v) is 4.16. The predicted molar refractivity (Wildman–Crippen MR) is 100 cm³/mol. The number of hydrogen-bond acceptors (Lipinski definition) is 8. The van der Waals surface area contributed by atoms with Gasteiger partial charge in [0, 0.05) is 12.4 Å². The topological polar surface area (TPSA) is 115 Å². The van der Waals surface area contributed by atoms with E-state index in [9.17, 15) is 26.3 Å². The molecule has 0 aliphatic carbocycles. The van der Waals surface area contributed by atoms with E-state index in [4.69, 9.17) is 5.73 Å². The molecule has 0 spiro atoms. The van der Waals surface area contributed by atoms with Gasteiger partial charge in [0.15, 0.2) is 5.65 Å². The summed E-state index contributed by atoms with van der Waals surface area (Å²) in [5.74, 6) is -0.330. The highest BCUT2D eigenvalue weighted by molar-refractivity contribution is 5.87. The van der Waals surface area contributed by atoms with Gasteiger partial charge in [-0.2, -0.15) is 26.3 Å². The molecule has 0 saturated carbocycles. The zero-order chi connectivity index (χ0) is 23.1. The van der Waals surface area contributed by atoms with Gasteiger partial charge in [-0.3, -0.25) is 0 Å². The highest BCUT2D eigenvalue weighted by Gasteiger charge is 2.36. The van der Waals surface area contributed by atoms with Crippen LogP contribution in [0.25, 0.3) is 22.6 Å². The van der Waals surface area contributed by atoms with E-state index in [0.717, 1.165) is 18.3 Å². The number of alkyl halides is 6. The van der Waals surface area contributed by atoms with E-state index in [1.807, 2.05) is 0 Å². The van der Waals surface area contributed by atoms with Crippen LogP contribution in [-0.2, 0) is 12.4 Å². The van der Waals surface area contributed by atoms with Crippen molar-refractivity contribution < 1.29 is 26.3 Å². The van der Waals surface area contributed by atoms with Crippen molar-refractivity contribution in [3.8, 4) is 11.4 Å². The Hall–Kier alpha value is -4.10. The average Bonchev–Trinajstić information content (AvgIpc) is 2.73. The van der Waals surface area contributed by atoms with Crippen LogP contribution in [-0.4, -0.2) is 30.1 Å². The molecule has 14 heteroatoms. The Balaban J connectivity index is 1.71. The fraction of sp³-hybridized carbons (Fsp3) is 0.111. The third-order valence-electron chi connectivity index (χ3n) is 4.16. The molecule has 32 heavy (non-hydrogen) atoms. The SMILES string of the molecule is Nc1cc(C(F)(F)F)c(-c2cnc3c(Nc4ccc(C(F)(F)F)cn4)ccnc3n2)nn1. The molecule has 4 heterocycles. The monoisotopic (exact) mass is 452 g/mol. The van der Waals surface area contributed by atoms with Crippen LogP contribution in [0.2, 0.25) is 0 Å². The Morgan fingerprint density at radius 3 is 2.28 bits per heavy atom. The smallest absolute Gasteiger partial charge is 0.382 e. The van der Waals surface area contributed by atoms with Crippen LogP contribution in [0.3, 0.4) is 0 Å². The second-order valence-electron chi connectivity index (χ2n) is 6.37. The van der Waals surface area contributed by atoms with E-state index in [0.29, 0.717) is 12.3 Å². The van der Waals surface area contributed by atoms with E-state index < -0.39 is 35.0 Å². The summed E-state index contributed by atoms with van der Waals surface area (Å²) in [5.41, 5.74) is 2.84. The van der Waals surface area contributed by atoms with Crippen molar-refractivity contribution in [1.29, 1.82) is 0 Å². The number of hydrogen-bond donors (Lipinski definition) is 2. The number of rotatable bonds is 3.